The van der Waals surface area contributed by atoms with E-state index >= 15 is 0 Å². The fraction of sp³-hybridized carbons (Fsp3) is 1.00. The maximum absolute atomic E-state index is 9.39. The van der Waals surface area contributed by atoms with Gasteiger partial charge in [-0.25, -0.2) is 0 Å². The SMILES string of the molecule is CCCOC1CCCN(CC(CO)NC(C)C)C1. The Morgan fingerprint density at radius 3 is 2.83 bits per heavy atom. The minimum Gasteiger partial charge on any atom is -0.395 e. The molecular formula is C14H30N2O2. The Labute approximate surface area is 112 Å². The highest BCUT2D eigenvalue weighted by molar-refractivity contribution is 4.79. The highest BCUT2D eigenvalue weighted by atomic mass is 16.5. The number of aliphatic hydroxyl groups is 1. The van der Waals surface area contributed by atoms with Crippen LogP contribution < -0.4 is 5.32 Å². The van der Waals surface area contributed by atoms with Crippen LogP contribution in [0, 0.1) is 0 Å². The van der Waals surface area contributed by atoms with Gasteiger partial charge in [-0.1, -0.05) is 20.8 Å². The van der Waals surface area contributed by atoms with Gasteiger partial charge in [0.2, 0.25) is 0 Å². The number of piperidine rings is 1. The molecule has 18 heavy (non-hydrogen) atoms. The van der Waals surface area contributed by atoms with Crippen LogP contribution in [0.5, 0.6) is 0 Å². The average Bonchev–Trinajstić information content (AvgIpc) is 2.35. The first kappa shape index (κ1) is 15.9. The lowest BCUT2D eigenvalue weighted by Crippen LogP contribution is -2.49. The van der Waals surface area contributed by atoms with Crippen LogP contribution in [0.1, 0.15) is 40.0 Å². The van der Waals surface area contributed by atoms with Crippen molar-refractivity contribution in [2.75, 3.05) is 32.8 Å². The highest BCUT2D eigenvalue weighted by Gasteiger charge is 2.22. The number of nitrogens with zero attached hydrogens (tertiary/aromatic N) is 1. The van der Waals surface area contributed by atoms with Crippen LogP contribution >= 0.6 is 0 Å². The molecule has 0 aromatic rings. The third-order valence-electron chi connectivity index (χ3n) is 3.29. The van der Waals surface area contributed by atoms with E-state index in [1.807, 2.05) is 0 Å². The topological polar surface area (TPSA) is 44.7 Å². The van der Waals surface area contributed by atoms with Crippen molar-refractivity contribution in [3.63, 3.8) is 0 Å². The van der Waals surface area contributed by atoms with Gasteiger partial charge in [0.05, 0.1) is 12.7 Å². The van der Waals surface area contributed by atoms with Gasteiger partial charge in [-0.2, -0.15) is 0 Å². The highest BCUT2D eigenvalue weighted by Crippen LogP contribution is 2.13. The second-order valence-electron chi connectivity index (χ2n) is 5.60. The number of aliphatic hydroxyl groups excluding tert-OH is 1. The molecule has 1 fully saturated rings. The van der Waals surface area contributed by atoms with Crippen molar-refractivity contribution in [3.05, 3.63) is 0 Å². The van der Waals surface area contributed by atoms with E-state index in [9.17, 15) is 5.11 Å². The molecule has 0 aromatic carbocycles. The van der Waals surface area contributed by atoms with E-state index in [4.69, 9.17) is 4.74 Å². The molecule has 1 aliphatic rings. The van der Waals surface area contributed by atoms with Gasteiger partial charge in [-0.05, 0) is 25.8 Å². The van der Waals surface area contributed by atoms with Crippen LogP contribution in [0.2, 0.25) is 0 Å². The standard InChI is InChI=1S/C14H30N2O2/c1-4-8-18-14-6-5-7-16(10-14)9-13(11-17)15-12(2)3/h12-15,17H,4-11H2,1-3H3. The van der Waals surface area contributed by atoms with E-state index < -0.39 is 0 Å². The van der Waals surface area contributed by atoms with Crippen molar-refractivity contribution in [3.8, 4) is 0 Å². The monoisotopic (exact) mass is 258 g/mol. The van der Waals surface area contributed by atoms with E-state index in [2.05, 4.69) is 31.0 Å². The van der Waals surface area contributed by atoms with Crippen LogP contribution in [0.25, 0.3) is 0 Å². The summed E-state index contributed by atoms with van der Waals surface area (Å²) in [5.74, 6) is 0. The summed E-state index contributed by atoms with van der Waals surface area (Å²) in [6.45, 7) is 10.5. The Balaban J connectivity index is 2.31. The normalized spacial score (nSPS) is 23.5. The smallest absolute Gasteiger partial charge is 0.0702 e. The first-order valence-corrected chi connectivity index (χ1v) is 7.36. The maximum Gasteiger partial charge on any atom is 0.0702 e. The lowest BCUT2D eigenvalue weighted by Gasteiger charge is -2.35. The summed E-state index contributed by atoms with van der Waals surface area (Å²) in [6.07, 6.45) is 3.86. The zero-order valence-electron chi connectivity index (χ0n) is 12.2. The minimum absolute atomic E-state index is 0.176. The lowest BCUT2D eigenvalue weighted by molar-refractivity contribution is -0.00415. The fourth-order valence-corrected chi connectivity index (χ4v) is 2.55. The van der Waals surface area contributed by atoms with Crippen LogP contribution in [0.3, 0.4) is 0 Å². The van der Waals surface area contributed by atoms with Crippen molar-refractivity contribution in [2.45, 2.75) is 58.2 Å². The van der Waals surface area contributed by atoms with Gasteiger partial charge in [0.25, 0.3) is 0 Å². The number of ether oxygens (including phenoxy) is 1. The van der Waals surface area contributed by atoms with Crippen LogP contribution in [0.15, 0.2) is 0 Å². The van der Waals surface area contributed by atoms with E-state index in [1.165, 1.54) is 12.8 Å². The Morgan fingerprint density at radius 1 is 1.44 bits per heavy atom. The summed E-state index contributed by atoms with van der Waals surface area (Å²) in [5, 5.41) is 12.8. The minimum atomic E-state index is 0.176. The lowest BCUT2D eigenvalue weighted by atomic mass is 10.1. The predicted molar refractivity (Wildman–Crippen MR) is 74.9 cm³/mol. The molecule has 1 saturated heterocycles. The molecule has 2 atom stereocenters. The summed E-state index contributed by atoms with van der Waals surface area (Å²) < 4.78 is 5.83. The van der Waals surface area contributed by atoms with E-state index in [1.54, 1.807) is 0 Å². The largest absolute Gasteiger partial charge is 0.395 e. The zero-order valence-corrected chi connectivity index (χ0v) is 12.2. The number of rotatable bonds is 8. The summed E-state index contributed by atoms with van der Waals surface area (Å²) in [6, 6.07) is 0.592. The van der Waals surface area contributed by atoms with Gasteiger partial charge >= 0.3 is 0 Å². The number of likely N-dealkylation sites (tertiary alicyclic amines) is 1. The number of hydrogen-bond donors (Lipinski definition) is 2. The Hall–Kier alpha value is -0.160. The summed E-state index contributed by atoms with van der Waals surface area (Å²) in [4.78, 5) is 2.42. The molecule has 2 unspecified atom stereocenters. The summed E-state index contributed by atoms with van der Waals surface area (Å²) in [5.41, 5.74) is 0. The van der Waals surface area contributed by atoms with Crippen LogP contribution in [-0.2, 0) is 4.74 Å². The van der Waals surface area contributed by atoms with Gasteiger partial charge in [0, 0.05) is 31.8 Å². The van der Waals surface area contributed by atoms with Crippen molar-refractivity contribution >= 4 is 0 Å². The maximum atomic E-state index is 9.39. The quantitative estimate of drug-likeness (QED) is 0.687. The molecule has 0 aliphatic carbocycles. The van der Waals surface area contributed by atoms with Gasteiger partial charge < -0.3 is 15.2 Å². The molecule has 1 heterocycles. The molecule has 0 spiro atoms. The van der Waals surface area contributed by atoms with E-state index in [-0.39, 0.29) is 12.6 Å². The van der Waals surface area contributed by atoms with Gasteiger partial charge in [-0.3, -0.25) is 4.90 Å². The van der Waals surface area contributed by atoms with Crippen LogP contribution in [-0.4, -0.2) is 61.0 Å². The molecule has 0 bridgehead atoms. The molecule has 0 saturated carbocycles. The summed E-state index contributed by atoms with van der Waals surface area (Å²) in [7, 11) is 0. The van der Waals surface area contributed by atoms with E-state index in [0.29, 0.717) is 12.1 Å². The Kier molecular flexibility index (Phi) is 7.82. The second-order valence-corrected chi connectivity index (χ2v) is 5.60. The Bertz CT molecular complexity index is 212. The first-order valence-electron chi connectivity index (χ1n) is 7.36. The molecule has 108 valence electrons. The fourth-order valence-electron chi connectivity index (χ4n) is 2.55. The third kappa shape index (κ3) is 6.14. The molecule has 0 radical (unpaired) electrons. The second kappa shape index (κ2) is 8.86. The molecule has 2 N–H and O–H groups in total. The van der Waals surface area contributed by atoms with Gasteiger partial charge in [0.1, 0.15) is 0 Å². The predicted octanol–water partition coefficient (Wildman–Crippen LogP) is 1.24. The third-order valence-corrected chi connectivity index (χ3v) is 3.29. The molecule has 4 heteroatoms. The van der Waals surface area contributed by atoms with Crippen molar-refractivity contribution in [2.24, 2.45) is 0 Å². The zero-order chi connectivity index (χ0) is 13.4. The first-order chi connectivity index (χ1) is 8.65. The Morgan fingerprint density at radius 2 is 2.22 bits per heavy atom. The average molecular weight is 258 g/mol. The number of nitrogens with one attached hydrogen (secondary N) is 1. The van der Waals surface area contributed by atoms with Crippen molar-refractivity contribution < 1.29 is 9.84 Å². The van der Waals surface area contributed by atoms with E-state index in [0.717, 1.165) is 32.7 Å². The van der Waals surface area contributed by atoms with Crippen molar-refractivity contribution in [1.29, 1.82) is 0 Å². The summed E-state index contributed by atoms with van der Waals surface area (Å²) >= 11 is 0. The molecular weight excluding hydrogens is 228 g/mol. The molecule has 4 nitrogen and oxygen atoms in total. The van der Waals surface area contributed by atoms with Gasteiger partial charge in [0.15, 0.2) is 0 Å². The molecule has 0 aromatic heterocycles. The number of hydrogen-bond acceptors (Lipinski definition) is 4. The van der Waals surface area contributed by atoms with Gasteiger partial charge in [-0.15, -0.1) is 0 Å². The van der Waals surface area contributed by atoms with Crippen LogP contribution in [0.4, 0.5) is 0 Å². The van der Waals surface area contributed by atoms with Crippen molar-refractivity contribution in [1.82, 2.24) is 10.2 Å². The molecule has 1 aliphatic heterocycles. The molecule has 0 amide bonds. The molecule has 1 rings (SSSR count).